The Kier molecular flexibility index (Phi) is 7.65. The number of H-pyrrole nitrogens is 1. The predicted molar refractivity (Wildman–Crippen MR) is 139 cm³/mol. The number of nitrogens with one attached hydrogen (secondary N) is 1. The van der Waals surface area contributed by atoms with Gasteiger partial charge < -0.3 is 14.8 Å². The Morgan fingerprint density at radius 2 is 1.70 bits per heavy atom. The monoisotopic (exact) mass is 502 g/mol. The highest BCUT2D eigenvalue weighted by molar-refractivity contribution is 5.44. The van der Waals surface area contributed by atoms with E-state index in [0.717, 1.165) is 36.3 Å². The van der Waals surface area contributed by atoms with Crippen LogP contribution in [0, 0.1) is 11.8 Å². The summed E-state index contributed by atoms with van der Waals surface area (Å²) >= 11 is 0. The Bertz CT molecular complexity index is 1320. The second-order valence-corrected chi connectivity index (χ2v) is 9.86. The number of ether oxygens (including phenoxy) is 1. The summed E-state index contributed by atoms with van der Waals surface area (Å²) < 4.78 is 18.7. The summed E-state index contributed by atoms with van der Waals surface area (Å²) in [7, 11) is 1.76. The Labute approximate surface area is 215 Å². The first-order chi connectivity index (χ1) is 18.0. The molecule has 2 aliphatic heterocycles. The summed E-state index contributed by atoms with van der Waals surface area (Å²) in [6.45, 7) is 4.30. The lowest BCUT2D eigenvalue weighted by Crippen LogP contribution is -2.50. The van der Waals surface area contributed by atoms with Gasteiger partial charge in [-0.2, -0.15) is 0 Å². The number of nitrogens with zero attached hydrogens (tertiary/aromatic N) is 3. The number of aromatic nitrogens is 2. The number of likely N-dealkylation sites (tertiary alicyclic amines) is 2. The van der Waals surface area contributed by atoms with Crippen molar-refractivity contribution >= 4 is 0 Å². The Morgan fingerprint density at radius 3 is 2.32 bits per heavy atom. The van der Waals surface area contributed by atoms with Crippen molar-refractivity contribution in [3.05, 3.63) is 93.2 Å². The van der Waals surface area contributed by atoms with Crippen LogP contribution in [0.5, 0.6) is 5.75 Å². The number of methoxy groups -OCH3 is 1. The van der Waals surface area contributed by atoms with Gasteiger partial charge in [-0.1, -0.05) is 36.1 Å². The highest BCUT2D eigenvalue weighted by atomic mass is 19.1. The summed E-state index contributed by atoms with van der Waals surface area (Å²) in [4.78, 5) is 22.7. The van der Waals surface area contributed by atoms with Gasteiger partial charge in [0.05, 0.1) is 18.1 Å². The van der Waals surface area contributed by atoms with Gasteiger partial charge in [0.25, 0.3) is 5.56 Å². The molecule has 0 amide bonds. The second-order valence-electron chi connectivity index (χ2n) is 9.86. The molecule has 2 aromatic carbocycles. The zero-order valence-electron chi connectivity index (χ0n) is 20.9. The molecule has 0 aliphatic carbocycles. The maximum Gasteiger partial charge on any atom is 0.293 e. The SMILES string of the molecule is COC1CN(Cc2ccc(C#Cc3ccc([C@H](Cc4nc[nH]c(=O)c4O)CN4CC(F)C4)cc3)cc2)C1. The van der Waals surface area contributed by atoms with Crippen LogP contribution in [0.2, 0.25) is 0 Å². The van der Waals surface area contributed by atoms with E-state index in [-0.39, 0.29) is 11.7 Å². The zero-order chi connectivity index (χ0) is 25.8. The van der Waals surface area contributed by atoms with E-state index in [1.54, 1.807) is 7.11 Å². The fourth-order valence-corrected chi connectivity index (χ4v) is 4.80. The van der Waals surface area contributed by atoms with E-state index in [4.69, 9.17) is 4.74 Å². The Balaban J connectivity index is 1.24. The van der Waals surface area contributed by atoms with Gasteiger partial charge in [-0.25, -0.2) is 9.37 Å². The minimum atomic E-state index is -0.794. The summed E-state index contributed by atoms with van der Waals surface area (Å²) in [5.74, 6) is 6.04. The minimum Gasteiger partial charge on any atom is -0.502 e. The molecule has 1 aromatic heterocycles. The van der Waals surface area contributed by atoms with Gasteiger partial charge in [0.15, 0.2) is 0 Å². The molecule has 8 heteroatoms. The molecule has 0 spiro atoms. The number of rotatable bonds is 8. The van der Waals surface area contributed by atoms with E-state index in [1.165, 1.54) is 11.9 Å². The van der Waals surface area contributed by atoms with E-state index < -0.39 is 11.7 Å². The van der Waals surface area contributed by atoms with E-state index in [1.807, 2.05) is 41.3 Å². The molecule has 2 saturated heterocycles. The summed E-state index contributed by atoms with van der Waals surface area (Å²) in [6, 6.07) is 16.3. The standard InChI is InChI=1S/C29H31FN4O3/c1-37-26-17-33(18-26)13-22-6-4-20(5-7-22)2-3-21-8-10-23(11-9-21)24(14-34-15-25(30)16-34)12-27-28(35)29(36)32-19-31-27/h4-11,19,24-26,35H,12-18H2,1H3,(H,31,32,36)/t24-/m1/s1. The molecule has 1 atom stereocenters. The summed E-state index contributed by atoms with van der Waals surface area (Å²) in [5, 5.41) is 10.2. The van der Waals surface area contributed by atoms with Crippen LogP contribution in [0.1, 0.15) is 33.9 Å². The smallest absolute Gasteiger partial charge is 0.293 e. The lowest BCUT2D eigenvalue weighted by molar-refractivity contribution is -0.0333. The molecule has 5 rings (SSSR count). The van der Waals surface area contributed by atoms with Crippen LogP contribution in [0.25, 0.3) is 0 Å². The van der Waals surface area contributed by atoms with E-state index in [9.17, 15) is 14.3 Å². The normalized spacial score (nSPS) is 17.5. The van der Waals surface area contributed by atoms with Gasteiger partial charge in [-0.3, -0.25) is 14.6 Å². The number of alkyl halides is 1. The molecular formula is C29H31FN4O3. The van der Waals surface area contributed by atoms with Crippen molar-refractivity contribution in [3.8, 4) is 17.6 Å². The largest absolute Gasteiger partial charge is 0.502 e. The number of benzene rings is 2. The maximum absolute atomic E-state index is 13.4. The third kappa shape index (κ3) is 6.25. The molecule has 2 fully saturated rings. The second kappa shape index (κ2) is 11.3. The van der Waals surface area contributed by atoms with Gasteiger partial charge in [0.1, 0.15) is 6.17 Å². The topological polar surface area (TPSA) is 81.7 Å². The molecule has 192 valence electrons. The molecule has 0 radical (unpaired) electrons. The first kappa shape index (κ1) is 25.2. The van der Waals surface area contributed by atoms with Gasteiger partial charge in [-0.15, -0.1) is 0 Å². The van der Waals surface area contributed by atoms with Crippen molar-refractivity contribution in [1.29, 1.82) is 0 Å². The molecule has 0 unspecified atom stereocenters. The molecule has 37 heavy (non-hydrogen) atoms. The molecule has 3 aromatic rings. The van der Waals surface area contributed by atoms with Crippen LogP contribution in [0.15, 0.2) is 59.7 Å². The van der Waals surface area contributed by atoms with Crippen molar-refractivity contribution in [3.63, 3.8) is 0 Å². The van der Waals surface area contributed by atoms with Crippen molar-refractivity contribution in [2.45, 2.75) is 31.2 Å². The lowest BCUT2D eigenvalue weighted by Gasteiger charge is -2.38. The predicted octanol–water partition coefficient (Wildman–Crippen LogP) is 2.69. The van der Waals surface area contributed by atoms with Crippen molar-refractivity contribution in [1.82, 2.24) is 19.8 Å². The number of aromatic amines is 1. The molecule has 0 bridgehead atoms. The van der Waals surface area contributed by atoms with Crippen LogP contribution < -0.4 is 5.56 Å². The van der Waals surface area contributed by atoms with Crippen LogP contribution in [-0.2, 0) is 17.7 Å². The van der Waals surface area contributed by atoms with Crippen LogP contribution in [0.4, 0.5) is 4.39 Å². The molecule has 2 N–H and O–H groups in total. The number of hydrogen-bond donors (Lipinski definition) is 2. The molecule has 2 aliphatic rings. The van der Waals surface area contributed by atoms with E-state index >= 15 is 0 Å². The quantitative estimate of drug-likeness (QED) is 0.461. The van der Waals surface area contributed by atoms with Gasteiger partial charge in [0, 0.05) is 69.8 Å². The lowest BCUT2D eigenvalue weighted by atomic mass is 9.91. The zero-order valence-corrected chi connectivity index (χ0v) is 20.9. The average molecular weight is 503 g/mol. The fraction of sp³-hybridized carbons (Fsp3) is 0.379. The highest BCUT2D eigenvalue weighted by Crippen LogP contribution is 2.26. The minimum absolute atomic E-state index is 0.0483. The Morgan fingerprint density at radius 1 is 1.05 bits per heavy atom. The van der Waals surface area contributed by atoms with Crippen molar-refractivity contribution in [2.24, 2.45) is 0 Å². The fourth-order valence-electron chi connectivity index (χ4n) is 4.80. The molecule has 3 heterocycles. The number of halogens is 1. The Hall–Kier alpha value is -3.51. The van der Waals surface area contributed by atoms with Crippen LogP contribution in [0.3, 0.4) is 0 Å². The van der Waals surface area contributed by atoms with Gasteiger partial charge >= 0.3 is 0 Å². The molecular weight excluding hydrogens is 471 g/mol. The van der Waals surface area contributed by atoms with Crippen LogP contribution in [-0.4, -0.2) is 77.0 Å². The van der Waals surface area contributed by atoms with Gasteiger partial charge in [-0.05, 0) is 35.4 Å². The summed E-state index contributed by atoms with van der Waals surface area (Å²) in [5.41, 5.74) is 3.92. The van der Waals surface area contributed by atoms with Gasteiger partial charge in [0.2, 0.25) is 5.75 Å². The van der Waals surface area contributed by atoms with E-state index in [0.29, 0.717) is 37.9 Å². The number of hydrogen-bond acceptors (Lipinski definition) is 6. The van der Waals surface area contributed by atoms with Crippen LogP contribution >= 0.6 is 0 Å². The molecule has 0 saturated carbocycles. The van der Waals surface area contributed by atoms with E-state index in [2.05, 4.69) is 38.8 Å². The molecule has 7 nitrogen and oxygen atoms in total. The highest BCUT2D eigenvalue weighted by Gasteiger charge is 2.29. The van der Waals surface area contributed by atoms with Crippen molar-refractivity contribution in [2.75, 3.05) is 39.8 Å². The third-order valence-electron chi connectivity index (χ3n) is 7.09. The average Bonchev–Trinajstić information content (AvgIpc) is 2.87. The first-order valence-corrected chi connectivity index (χ1v) is 12.5. The van der Waals surface area contributed by atoms with Crippen molar-refractivity contribution < 1.29 is 14.2 Å². The number of aromatic hydroxyl groups is 1. The summed E-state index contributed by atoms with van der Waals surface area (Å²) in [6.07, 6.45) is 1.24. The third-order valence-corrected chi connectivity index (χ3v) is 7.09. The first-order valence-electron chi connectivity index (χ1n) is 12.5. The maximum atomic E-state index is 13.4.